The molecule has 19 heteroatoms. The molecule has 2 aromatic rings. The Bertz CT molecular complexity index is 1570. The van der Waals surface area contributed by atoms with Gasteiger partial charge in [0, 0.05) is 6.08 Å². The monoisotopic (exact) mass is 770 g/mol. The summed E-state index contributed by atoms with van der Waals surface area (Å²) in [5.74, 6) is -1.74. The first-order chi connectivity index (χ1) is 25.7. The number of esters is 1. The summed E-state index contributed by atoms with van der Waals surface area (Å²) in [5, 5.41) is 103. The van der Waals surface area contributed by atoms with Crippen molar-refractivity contribution in [3.63, 3.8) is 0 Å². The molecule has 3 aliphatic heterocycles. The van der Waals surface area contributed by atoms with Crippen molar-refractivity contribution in [2.45, 2.75) is 99.4 Å². The quantitative estimate of drug-likeness (QED) is 0.0585. The van der Waals surface area contributed by atoms with Gasteiger partial charge in [-0.2, -0.15) is 0 Å². The highest BCUT2D eigenvalue weighted by atomic mass is 16.8. The van der Waals surface area contributed by atoms with Gasteiger partial charge in [-0.15, -0.1) is 0 Å². The number of aliphatic hydroxyl groups is 7. The maximum absolute atomic E-state index is 13.3. The predicted molar refractivity (Wildman–Crippen MR) is 179 cm³/mol. The molecule has 0 radical (unpaired) electrons. The van der Waals surface area contributed by atoms with Gasteiger partial charge in [0.1, 0.15) is 54.9 Å². The van der Waals surface area contributed by atoms with Gasteiger partial charge in [-0.1, -0.05) is 12.1 Å². The fourth-order valence-corrected chi connectivity index (χ4v) is 6.09. The minimum Gasteiger partial charge on any atom is -0.504 e. The Balaban J connectivity index is 1.48. The first kappa shape index (κ1) is 41.5. The third kappa shape index (κ3) is 9.58. The van der Waals surface area contributed by atoms with E-state index >= 15 is 0 Å². The molecule has 3 aliphatic rings. The van der Waals surface area contributed by atoms with Crippen molar-refractivity contribution in [3.8, 4) is 23.0 Å². The van der Waals surface area contributed by atoms with Crippen LogP contribution >= 0.6 is 0 Å². The van der Waals surface area contributed by atoms with E-state index in [9.17, 15) is 55.9 Å². The van der Waals surface area contributed by atoms with Crippen molar-refractivity contribution < 1.29 is 93.8 Å². The molecule has 19 nitrogen and oxygen atoms in total. The zero-order valence-electron chi connectivity index (χ0n) is 29.2. The van der Waals surface area contributed by atoms with Crippen LogP contribution in [0.1, 0.15) is 18.1 Å². The second-order valence-corrected chi connectivity index (χ2v) is 13.0. The molecule has 0 amide bonds. The number of aromatic hydroxyl groups is 3. The Hall–Kier alpha value is -3.67. The van der Waals surface area contributed by atoms with Gasteiger partial charge >= 0.3 is 5.97 Å². The molecule has 14 atom stereocenters. The Labute approximate surface area is 308 Å². The minimum atomic E-state index is -1.87. The molecule has 0 aromatic heterocycles. The zero-order valence-corrected chi connectivity index (χ0v) is 29.2. The summed E-state index contributed by atoms with van der Waals surface area (Å²) in [7, 11) is 1.34. The second-order valence-electron chi connectivity index (χ2n) is 13.0. The van der Waals surface area contributed by atoms with E-state index in [0.29, 0.717) is 11.1 Å². The first-order valence-electron chi connectivity index (χ1n) is 17.0. The minimum absolute atomic E-state index is 0.125. The number of ether oxygens (including phenoxy) is 8. The van der Waals surface area contributed by atoms with Crippen LogP contribution in [0.15, 0.2) is 42.5 Å². The third-order valence-corrected chi connectivity index (χ3v) is 9.20. The molecule has 3 saturated heterocycles. The van der Waals surface area contributed by atoms with E-state index in [0.717, 1.165) is 6.08 Å². The molecule has 300 valence electrons. The number of phenolic OH excluding ortho intramolecular Hbond substituents is 3. The van der Waals surface area contributed by atoms with Crippen molar-refractivity contribution in [1.29, 1.82) is 0 Å². The summed E-state index contributed by atoms with van der Waals surface area (Å²) >= 11 is 0. The summed E-state index contributed by atoms with van der Waals surface area (Å²) in [6.45, 7) is -0.0528. The van der Waals surface area contributed by atoms with Gasteiger partial charge in [-0.3, -0.25) is 0 Å². The molecule has 10 N–H and O–H groups in total. The molecule has 3 fully saturated rings. The van der Waals surface area contributed by atoms with Crippen LogP contribution in [0.25, 0.3) is 6.08 Å². The van der Waals surface area contributed by atoms with E-state index in [-0.39, 0.29) is 36.0 Å². The highest BCUT2D eigenvalue weighted by Crippen LogP contribution is 2.35. The van der Waals surface area contributed by atoms with E-state index in [4.69, 9.17) is 37.9 Å². The Morgan fingerprint density at radius 3 is 2.20 bits per heavy atom. The van der Waals surface area contributed by atoms with Crippen LogP contribution in [-0.4, -0.2) is 170 Å². The third-order valence-electron chi connectivity index (χ3n) is 9.20. The topological polar surface area (TPSA) is 293 Å². The molecule has 3 heterocycles. The summed E-state index contributed by atoms with van der Waals surface area (Å²) in [6.07, 6.45) is -20.1. The maximum atomic E-state index is 13.3. The van der Waals surface area contributed by atoms with Crippen LogP contribution in [0.3, 0.4) is 0 Å². The summed E-state index contributed by atoms with van der Waals surface area (Å²) < 4.78 is 46.2. The lowest BCUT2D eigenvalue weighted by Crippen LogP contribution is -2.67. The Kier molecular flexibility index (Phi) is 14.1. The second kappa shape index (κ2) is 18.3. The van der Waals surface area contributed by atoms with Crippen molar-refractivity contribution >= 4 is 12.0 Å². The van der Waals surface area contributed by atoms with Crippen LogP contribution in [0, 0.1) is 0 Å². The van der Waals surface area contributed by atoms with Gasteiger partial charge < -0.3 is 89.0 Å². The van der Waals surface area contributed by atoms with Crippen LogP contribution in [0.5, 0.6) is 23.0 Å². The number of methoxy groups -OCH3 is 1. The van der Waals surface area contributed by atoms with E-state index in [1.165, 1.54) is 56.5 Å². The van der Waals surface area contributed by atoms with E-state index < -0.39 is 105 Å². The average molecular weight is 771 g/mol. The fourth-order valence-electron chi connectivity index (χ4n) is 6.09. The van der Waals surface area contributed by atoms with Crippen molar-refractivity contribution in [1.82, 2.24) is 0 Å². The summed E-state index contributed by atoms with van der Waals surface area (Å²) in [5.41, 5.74) is 0.951. The molecule has 0 saturated carbocycles. The molecule has 54 heavy (non-hydrogen) atoms. The molecular formula is C35H46O19. The molecule has 5 rings (SSSR count). The standard InChI is InChI=1S/C35H46O19/c1-15-25(42)27(44)29(46)34(50-15)53-31-30(52-24(41)8-5-16-4-7-19(38)22(12-16)47-2)23(13-36)51-35(48-10-9-17-3-6-18(37)20(39)11-17)32(31)54-33-28(45)26(43)21(40)14-49-33/h3-8,11-12,15,21,23,25-40,42-46H,9-10,13-14H2,1-2H3/b8-5-/t15-,21-,23+,25-,26+,27+,28-,29-,30+,31-,32+,33+,34-,35-/m0/s1. The van der Waals surface area contributed by atoms with Crippen molar-refractivity contribution in [3.05, 3.63) is 53.6 Å². The number of rotatable bonds is 13. The lowest BCUT2D eigenvalue weighted by Gasteiger charge is -2.49. The Morgan fingerprint density at radius 2 is 1.50 bits per heavy atom. The van der Waals surface area contributed by atoms with E-state index in [2.05, 4.69) is 0 Å². The highest BCUT2D eigenvalue weighted by molar-refractivity contribution is 5.87. The Morgan fingerprint density at radius 1 is 0.796 bits per heavy atom. The molecule has 0 spiro atoms. The largest absolute Gasteiger partial charge is 0.504 e. The van der Waals surface area contributed by atoms with Crippen molar-refractivity contribution in [2.75, 3.05) is 26.9 Å². The van der Waals surface area contributed by atoms with E-state index in [1.54, 1.807) is 0 Å². The van der Waals surface area contributed by atoms with E-state index in [1.807, 2.05) is 0 Å². The van der Waals surface area contributed by atoms with Gasteiger partial charge in [-0.25, -0.2) is 4.79 Å². The molecule has 0 unspecified atom stereocenters. The normalized spacial score (nSPS) is 35.9. The number of aliphatic hydroxyl groups excluding tert-OH is 7. The number of benzene rings is 2. The first-order valence-corrected chi connectivity index (χ1v) is 17.0. The van der Waals surface area contributed by atoms with Gasteiger partial charge in [0.2, 0.25) is 0 Å². The highest BCUT2D eigenvalue weighted by Gasteiger charge is 2.55. The molecule has 2 aromatic carbocycles. The predicted octanol–water partition coefficient (Wildman–Crippen LogP) is -2.25. The van der Waals surface area contributed by atoms with Gasteiger partial charge in [-0.05, 0) is 54.8 Å². The lowest BCUT2D eigenvalue weighted by molar-refractivity contribution is -0.385. The molecule has 0 aliphatic carbocycles. The SMILES string of the molecule is COc1cc(/C=C\C(=O)O[C@H]2[C@H](O[C@@H]3O[C@@H](C)[C@H](O)[C@@H](O)[C@@H]3O)[C@@H](O[C@H]3OC[C@H](O)[C@@H](O)[C@@H]3O)[C@@H](OCCc3ccc(O)c(O)c3)O[C@@H]2CO)ccc1O. The van der Waals surface area contributed by atoms with Crippen LogP contribution < -0.4 is 4.74 Å². The lowest BCUT2D eigenvalue weighted by atomic mass is 9.96. The molecular weight excluding hydrogens is 724 g/mol. The van der Waals surface area contributed by atoms with Gasteiger partial charge in [0.05, 0.1) is 33.0 Å². The van der Waals surface area contributed by atoms with Crippen molar-refractivity contribution in [2.24, 2.45) is 0 Å². The van der Waals surface area contributed by atoms with Crippen LogP contribution in [0.2, 0.25) is 0 Å². The average Bonchev–Trinajstić information content (AvgIpc) is 3.15. The number of hydrogen-bond donors (Lipinski definition) is 10. The summed E-state index contributed by atoms with van der Waals surface area (Å²) in [4.78, 5) is 13.3. The van der Waals surface area contributed by atoms with Crippen LogP contribution in [-0.2, 0) is 44.4 Å². The van der Waals surface area contributed by atoms with Crippen LogP contribution in [0.4, 0.5) is 0 Å². The fraction of sp³-hybridized carbons (Fsp3) is 0.571. The number of phenols is 3. The smallest absolute Gasteiger partial charge is 0.331 e. The zero-order chi connectivity index (χ0) is 39.3. The number of carbonyl (C=O) groups excluding carboxylic acids is 1. The van der Waals surface area contributed by atoms with Gasteiger partial charge in [0.15, 0.2) is 48.0 Å². The number of carbonyl (C=O) groups is 1. The van der Waals surface area contributed by atoms with Gasteiger partial charge in [0.25, 0.3) is 0 Å². The summed E-state index contributed by atoms with van der Waals surface area (Å²) in [6, 6.07) is 8.37. The number of hydrogen-bond acceptors (Lipinski definition) is 19. The molecule has 0 bridgehead atoms. The maximum Gasteiger partial charge on any atom is 0.331 e.